The zero-order valence-corrected chi connectivity index (χ0v) is 14.9. The molecule has 0 spiro atoms. The minimum Gasteiger partial charge on any atom is -0.377 e. The molecule has 6 heteroatoms. The third-order valence-corrected chi connectivity index (χ3v) is 5.27. The molecule has 138 valence electrons. The van der Waals surface area contributed by atoms with Gasteiger partial charge in [-0.05, 0) is 25.7 Å². The van der Waals surface area contributed by atoms with Crippen LogP contribution >= 0.6 is 0 Å². The Balaban J connectivity index is 1.31. The van der Waals surface area contributed by atoms with E-state index in [0.717, 1.165) is 44.6 Å². The molecule has 0 bridgehead atoms. The number of carbonyl (C=O) groups is 1. The molecule has 1 atom stereocenters. The van der Waals surface area contributed by atoms with Crippen molar-refractivity contribution in [2.75, 3.05) is 26.2 Å². The van der Waals surface area contributed by atoms with Crippen molar-refractivity contribution >= 4 is 5.91 Å². The number of rotatable bonds is 5. The predicted molar refractivity (Wildman–Crippen MR) is 97.8 cm³/mol. The van der Waals surface area contributed by atoms with Gasteiger partial charge in [-0.3, -0.25) is 4.79 Å². The first-order valence-electron chi connectivity index (χ1n) is 9.44. The summed E-state index contributed by atoms with van der Waals surface area (Å²) in [6, 6.07) is 9.84. The Kier molecular flexibility index (Phi) is 5.32. The highest BCUT2D eigenvalue weighted by Gasteiger charge is 2.26. The molecular weight excluding hydrogens is 330 g/mol. The van der Waals surface area contributed by atoms with E-state index in [1.807, 2.05) is 30.3 Å². The van der Waals surface area contributed by atoms with Crippen LogP contribution in [0, 0.1) is 0 Å². The average Bonchev–Trinajstić information content (AvgIpc) is 3.36. The lowest BCUT2D eigenvalue weighted by molar-refractivity contribution is 0.0613. The van der Waals surface area contributed by atoms with E-state index in [0.29, 0.717) is 17.4 Å². The van der Waals surface area contributed by atoms with E-state index in [4.69, 9.17) is 9.26 Å². The number of carbonyl (C=O) groups excluding carboxylic acids is 1. The first kappa shape index (κ1) is 17.2. The standard InChI is InChI=1S/C20H25N3O3/c24-20(18-14-26-22-19(18)15-5-2-1-3-6-15)21-16-8-10-23(11-9-16)13-17-7-4-12-25-17/h1-3,5-6,14,16-17H,4,7-13H2,(H,21,24)/t17-/m1/s1. The highest BCUT2D eigenvalue weighted by Crippen LogP contribution is 2.22. The number of likely N-dealkylation sites (tertiary alicyclic amines) is 1. The minimum atomic E-state index is -0.109. The second kappa shape index (κ2) is 8.01. The van der Waals surface area contributed by atoms with Crippen LogP contribution in [0.2, 0.25) is 0 Å². The highest BCUT2D eigenvalue weighted by molar-refractivity contribution is 5.99. The molecule has 2 aromatic rings. The maximum Gasteiger partial charge on any atom is 0.257 e. The summed E-state index contributed by atoms with van der Waals surface area (Å²) >= 11 is 0. The smallest absolute Gasteiger partial charge is 0.257 e. The minimum absolute atomic E-state index is 0.109. The second-order valence-electron chi connectivity index (χ2n) is 7.13. The van der Waals surface area contributed by atoms with E-state index < -0.39 is 0 Å². The predicted octanol–water partition coefficient (Wildman–Crippen LogP) is 2.71. The number of amides is 1. The molecule has 3 heterocycles. The van der Waals surface area contributed by atoms with Crippen molar-refractivity contribution in [2.24, 2.45) is 0 Å². The van der Waals surface area contributed by atoms with Crippen molar-refractivity contribution < 1.29 is 14.1 Å². The van der Waals surface area contributed by atoms with Crippen LogP contribution in [0.3, 0.4) is 0 Å². The Bertz CT molecular complexity index is 717. The van der Waals surface area contributed by atoms with Crippen LogP contribution < -0.4 is 5.32 Å². The summed E-state index contributed by atoms with van der Waals surface area (Å²) in [5, 5.41) is 7.16. The third kappa shape index (κ3) is 3.97. The first-order valence-corrected chi connectivity index (χ1v) is 9.44. The van der Waals surface area contributed by atoms with Crippen LogP contribution in [0.15, 0.2) is 41.1 Å². The fourth-order valence-electron chi connectivity index (χ4n) is 3.80. The number of aromatic nitrogens is 1. The molecule has 0 saturated carbocycles. The SMILES string of the molecule is O=C(NC1CCN(C[C@H]2CCCO2)CC1)c1conc1-c1ccccc1. The summed E-state index contributed by atoms with van der Waals surface area (Å²) in [7, 11) is 0. The zero-order chi connectivity index (χ0) is 17.8. The van der Waals surface area contributed by atoms with E-state index >= 15 is 0 Å². The fraction of sp³-hybridized carbons (Fsp3) is 0.500. The maximum atomic E-state index is 12.7. The van der Waals surface area contributed by atoms with E-state index in [2.05, 4.69) is 15.4 Å². The monoisotopic (exact) mass is 355 g/mol. The lowest BCUT2D eigenvalue weighted by Gasteiger charge is -2.33. The van der Waals surface area contributed by atoms with Crippen molar-refractivity contribution in [1.82, 2.24) is 15.4 Å². The second-order valence-corrected chi connectivity index (χ2v) is 7.13. The van der Waals surface area contributed by atoms with Crippen molar-refractivity contribution in [3.63, 3.8) is 0 Å². The molecule has 1 N–H and O–H groups in total. The lowest BCUT2D eigenvalue weighted by atomic mass is 10.0. The number of benzene rings is 1. The summed E-state index contributed by atoms with van der Waals surface area (Å²) in [6.07, 6.45) is 6.11. The summed E-state index contributed by atoms with van der Waals surface area (Å²) in [4.78, 5) is 15.1. The van der Waals surface area contributed by atoms with Gasteiger partial charge in [0.25, 0.3) is 5.91 Å². The van der Waals surface area contributed by atoms with Gasteiger partial charge in [0.05, 0.1) is 6.10 Å². The van der Waals surface area contributed by atoms with Crippen LogP contribution in [0.5, 0.6) is 0 Å². The van der Waals surface area contributed by atoms with Gasteiger partial charge in [-0.25, -0.2) is 0 Å². The van der Waals surface area contributed by atoms with Crippen molar-refractivity contribution in [3.05, 3.63) is 42.2 Å². The molecule has 2 aliphatic heterocycles. The molecule has 1 aromatic heterocycles. The van der Waals surface area contributed by atoms with Gasteiger partial charge in [0, 0.05) is 37.8 Å². The molecule has 0 aliphatic carbocycles. The molecule has 6 nitrogen and oxygen atoms in total. The number of ether oxygens (including phenoxy) is 1. The summed E-state index contributed by atoms with van der Waals surface area (Å²) < 4.78 is 10.8. The van der Waals surface area contributed by atoms with Crippen LogP contribution in [0.25, 0.3) is 11.3 Å². The van der Waals surface area contributed by atoms with Gasteiger partial charge < -0.3 is 19.5 Å². The highest BCUT2D eigenvalue weighted by atomic mass is 16.5. The Morgan fingerprint density at radius 2 is 2.00 bits per heavy atom. The Morgan fingerprint density at radius 3 is 2.73 bits per heavy atom. The van der Waals surface area contributed by atoms with Gasteiger partial charge in [0.1, 0.15) is 17.5 Å². The molecule has 0 unspecified atom stereocenters. The van der Waals surface area contributed by atoms with Crippen molar-refractivity contribution in [3.8, 4) is 11.3 Å². The number of nitrogens with zero attached hydrogens (tertiary/aromatic N) is 2. The van der Waals surface area contributed by atoms with Gasteiger partial charge >= 0.3 is 0 Å². The van der Waals surface area contributed by atoms with Crippen LogP contribution in [0.1, 0.15) is 36.0 Å². The van der Waals surface area contributed by atoms with E-state index in [9.17, 15) is 4.79 Å². The summed E-state index contributed by atoms with van der Waals surface area (Å²) in [5.74, 6) is -0.109. The summed E-state index contributed by atoms with van der Waals surface area (Å²) in [6.45, 7) is 3.92. The zero-order valence-electron chi connectivity index (χ0n) is 14.9. The van der Waals surface area contributed by atoms with Crippen LogP contribution in [-0.2, 0) is 4.74 Å². The third-order valence-electron chi connectivity index (χ3n) is 5.27. The molecule has 2 saturated heterocycles. The van der Waals surface area contributed by atoms with E-state index in [1.54, 1.807) is 0 Å². The van der Waals surface area contributed by atoms with Crippen LogP contribution in [-0.4, -0.2) is 54.4 Å². The van der Waals surface area contributed by atoms with Gasteiger partial charge in [-0.15, -0.1) is 0 Å². The molecule has 2 aliphatic rings. The summed E-state index contributed by atoms with van der Waals surface area (Å²) in [5.41, 5.74) is 1.98. The molecule has 1 amide bonds. The van der Waals surface area contributed by atoms with Gasteiger partial charge in [0.2, 0.25) is 0 Å². The van der Waals surface area contributed by atoms with Crippen molar-refractivity contribution in [2.45, 2.75) is 37.8 Å². The largest absolute Gasteiger partial charge is 0.377 e. The fourth-order valence-corrected chi connectivity index (χ4v) is 3.80. The average molecular weight is 355 g/mol. The number of hydrogen-bond acceptors (Lipinski definition) is 5. The maximum absolute atomic E-state index is 12.7. The quantitative estimate of drug-likeness (QED) is 0.893. The Morgan fingerprint density at radius 1 is 1.19 bits per heavy atom. The normalized spacial score (nSPS) is 21.8. The first-order chi connectivity index (χ1) is 12.8. The van der Waals surface area contributed by atoms with Crippen LogP contribution in [0.4, 0.5) is 0 Å². The lowest BCUT2D eigenvalue weighted by Crippen LogP contribution is -2.46. The molecule has 26 heavy (non-hydrogen) atoms. The number of piperidine rings is 1. The van der Waals surface area contributed by atoms with Crippen molar-refractivity contribution in [1.29, 1.82) is 0 Å². The number of hydrogen-bond donors (Lipinski definition) is 1. The topological polar surface area (TPSA) is 67.6 Å². The van der Waals surface area contributed by atoms with Gasteiger partial charge in [0.15, 0.2) is 0 Å². The van der Waals surface area contributed by atoms with Gasteiger partial charge in [-0.1, -0.05) is 35.5 Å². The van der Waals surface area contributed by atoms with E-state index in [-0.39, 0.29) is 11.9 Å². The van der Waals surface area contributed by atoms with Gasteiger partial charge in [-0.2, -0.15) is 0 Å². The van der Waals surface area contributed by atoms with E-state index in [1.165, 1.54) is 19.1 Å². The molecule has 4 rings (SSSR count). The Hall–Kier alpha value is -2.18. The molecule has 0 radical (unpaired) electrons. The molecule has 1 aromatic carbocycles. The number of nitrogens with one attached hydrogen (secondary N) is 1. The Labute approximate surface area is 153 Å². The molecular formula is C20H25N3O3. The molecule has 2 fully saturated rings.